The molecule has 1 aliphatic rings. The quantitative estimate of drug-likeness (QED) is 0.290. The highest BCUT2D eigenvalue weighted by Gasteiger charge is 2.45. The highest BCUT2D eigenvalue weighted by molar-refractivity contribution is 5.69. The van der Waals surface area contributed by atoms with Crippen LogP contribution in [0.25, 0.3) is 22.5 Å². The summed E-state index contributed by atoms with van der Waals surface area (Å²) in [5.41, 5.74) is 5.30. The topological polar surface area (TPSA) is 94.3 Å². The second-order valence-corrected chi connectivity index (χ2v) is 11.4. The maximum absolute atomic E-state index is 14.0. The summed E-state index contributed by atoms with van der Waals surface area (Å²) in [6.07, 6.45) is 10.1. The Bertz CT molecular complexity index is 1390. The number of nitrogens with one attached hydrogen (secondary N) is 1. The highest BCUT2D eigenvalue weighted by Crippen LogP contribution is 2.51. The smallest absolute Gasteiger partial charge is 0.295 e. The van der Waals surface area contributed by atoms with Crippen molar-refractivity contribution in [1.82, 2.24) is 34.7 Å². The fourth-order valence-electron chi connectivity index (χ4n) is 6.04. The summed E-state index contributed by atoms with van der Waals surface area (Å²) in [7, 11) is 0. The van der Waals surface area contributed by atoms with Crippen LogP contribution in [0.2, 0.25) is 0 Å². The third-order valence-electron chi connectivity index (χ3n) is 8.36. The zero-order chi connectivity index (χ0) is 26.8. The standard InChI is InChI=1S/C30H39N7O/c1-6-7-8-24-18-37(28-26(19(2)3)15-27(28)20(4)5)30(38)36(24)17-23-16-31-14-13-25(23)21-9-11-22(12-10-21)29-32-34-35-33-29/h9-14,16,18-20,26-28H,6-8,15,17H2,1-5H3,(H,32,33,34,35). The van der Waals surface area contributed by atoms with Crippen LogP contribution in [-0.2, 0) is 13.0 Å². The Morgan fingerprint density at radius 3 is 2.37 bits per heavy atom. The van der Waals surface area contributed by atoms with E-state index in [1.807, 2.05) is 35.2 Å². The van der Waals surface area contributed by atoms with Crippen LogP contribution in [0.5, 0.6) is 0 Å². The van der Waals surface area contributed by atoms with Gasteiger partial charge in [-0.1, -0.05) is 65.3 Å². The van der Waals surface area contributed by atoms with Crippen LogP contribution in [0.15, 0.2) is 53.7 Å². The Kier molecular flexibility index (Phi) is 7.58. The molecule has 8 nitrogen and oxygen atoms in total. The van der Waals surface area contributed by atoms with E-state index < -0.39 is 0 Å². The van der Waals surface area contributed by atoms with Crippen molar-refractivity contribution in [3.63, 3.8) is 0 Å². The van der Waals surface area contributed by atoms with Crippen LogP contribution < -0.4 is 5.69 Å². The van der Waals surface area contributed by atoms with Crippen molar-refractivity contribution in [2.75, 3.05) is 0 Å². The number of benzene rings is 1. The van der Waals surface area contributed by atoms with Gasteiger partial charge in [-0.15, -0.1) is 10.2 Å². The van der Waals surface area contributed by atoms with E-state index in [1.165, 1.54) is 6.42 Å². The first kappa shape index (κ1) is 26.1. The van der Waals surface area contributed by atoms with Gasteiger partial charge in [0.15, 0.2) is 0 Å². The number of nitrogens with zero attached hydrogens (tertiary/aromatic N) is 6. The molecule has 1 saturated carbocycles. The molecule has 1 aliphatic carbocycles. The van der Waals surface area contributed by atoms with Crippen molar-refractivity contribution >= 4 is 0 Å². The molecule has 38 heavy (non-hydrogen) atoms. The number of pyridine rings is 1. The monoisotopic (exact) mass is 513 g/mol. The summed E-state index contributed by atoms with van der Waals surface area (Å²) < 4.78 is 4.08. The summed E-state index contributed by atoms with van der Waals surface area (Å²) in [4.78, 5) is 18.5. The van der Waals surface area contributed by atoms with Crippen LogP contribution in [0.3, 0.4) is 0 Å². The molecule has 4 aromatic rings. The number of unbranched alkanes of at least 4 members (excludes halogenated alkanes) is 1. The van der Waals surface area contributed by atoms with Gasteiger partial charge >= 0.3 is 5.69 Å². The average Bonchev–Trinajstić information content (AvgIpc) is 3.52. The highest BCUT2D eigenvalue weighted by atomic mass is 16.1. The minimum Gasteiger partial charge on any atom is -0.295 e. The molecule has 1 N–H and O–H groups in total. The summed E-state index contributed by atoms with van der Waals surface area (Å²) in [5.74, 6) is 2.77. The summed E-state index contributed by atoms with van der Waals surface area (Å²) in [6.45, 7) is 11.9. The molecular formula is C30H39N7O. The third-order valence-corrected chi connectivity index (χ3v) is 8.36. The molecule has 1 fully saturated rings. The largest absolute Gasteiger partial charge is 0.328 e. The molecule has 2 atom stereocenters. The van der Waals surface area contributed by atoms with Gasteiger partial charge in [-0.25, -0.2) is 4.79 Å². The Hall–Kier alpha value is -3.55. The average molecular weight is 514 g/mol. The van der Waals surface area contributed by atoms with Crippen LogP contribution in [0.4, 0.5) is 0 Å². The van der Waals surface area contributed by atoms with E-state index in [-0.39, 0.29) is 11.7 Å². The Morgan fingerprint density at radius 2 is 1.74 bits per heavy atom. The van der Waals surface area contributed by atoms with Gasteiger partial charge in [0.1, 0.15) is 0 Å². The van der Waals surface area contributed by atoms with Crippen LogP contribution in [-0.4, -0.2) is 34.7 Å². The third kappa shape index (κ3) is 4.96. The maximum atomic E-state index is 14.0. The van der Waals surface area contributed by atoms with E-state index in [2.05, 4.69) is 83.1 Å². The lowest BCUT2D eigenvalue weighted by atomic mass is 9.61. The number of imidazole rings is 1. The summed E-state index contributed by atoms with van der Waals surface area (Å²) in [5, 5.41) is 14.3. The lowest BCUT2D eigenvalue weighted by Crippen LogP contribution is -2.47. The number of aromatic nitrogens is 7. The minimum absolute atomic E-state index is 0.111. The lowest BCUT2D eigenvalue weighted by Gasteiger charge is -2.49. The fourth-order valence-corrected chi connectivity index (χ4v) is 6.04. The van der Waals surface area contributed by atoms with Crippen molar-refractivity contribution in [3.05, 3.63) is 70.7 Å². The van der Waals surface area contributed by atoms with Gasteiger partial charge in [0.25, 0.3) is 0 Å². The van der Waals surface area contributed by atoms with Crippen molar-refractivity contribution in [1.29, 1.82) is 0 Å². The molecule has 0 amide bonds. The Labute approximate surface area is 224 Å². The predicted molar refractivity (Wildman–Crippen MR) is 150 cm³/mol. The zero-order valence-electron chi connectivity index (χ0n) is 23.1. The summed E-state index contributed by atoms with van der Waals surface area (Å²) in [6, 6.07) is 10.4. The van der Waals surface area contributed by atoms with Gasteiger partial charge in [-0.3, -0.25) is 14.1 Å². The second-order valence-electron chi connectivity index (χ2n) is 11.4. The molecule has 0 spiro atoms. The molecule has 1 aromatic carbocycles. The summed E-state index contributed by atoms with van der Waals surface area (Å²) >= 11 is 0. The molecule has 5 rings (SSSR count). The van der Waals surface area contributed by atoms with Gasteiger partial charge in [-0.2, -0.15) is 5.21 Å². The van der Waals surface area contributed by atoms with E-state index in [0.717, 1.165) is 47.2 Å². The number of tetrazole rings is 1. The van der Waals surface area contributed by atoms with Crippen molar-refractivity contribution < 1.29 is 0 Å². The molecule has 0 bridgehead atoms. The number of aryl methyl sites for hydroxylation is 1. The maximum Gasteiger partial charge on any atom is 0.328 e. The van der Waals surface area contributed by atoms with E-state index in [1.54, 1.807) is 0 Å². The zero-order valence-corrected chi connectivity index (χ0v) is 23.1. The minimum atomic E-state index is 0.111. The van der Waals surface area contributed by atoms with Crippen LogP contribution in [0.1, 0.15) is 71.2 Å². The van der Waals surface area contributed by atoms with E-state index in [9.17, 15) is 4.79 Å². The van der Waals surface area contributed by atoms with Crippen molar-refractivity contribution in [2.45, 2.75) is 72.9 Å². The van der Waals surface area contributed by atoms with Crippen molar-refractivity contribution in [3.8, 4) is 22.5 Å². The number of aromatic amines is 1. The van der Waals surface area contributed by atoms with Gasteiger partial charge in [0.2, 0.25) is 5.82 Å². The van der Waals surface area contributed by atoms with Crippen LogP contribution >= 0.6 is 0 Å². The number of hydrogen-bond acceptors (Lipinski definition) is 5. The normalized spacial score (nSPS) is 19.3. The fraction of sp³-hybridized carbons (Fsp3) is 0.500. The van der Waals surface area contributed by atoms with Gasteiger partial charge in [0, 0.05) is 35.9 Å². The molecule has 0 aliphatic heterocycles. The van der Waals surface area contributed by atoms with E-state index >= 15 is 0 Å². The Balaban J connectivity index is 1.51. The van der Waals surface area contributed by atoms with Crippen molar-refractivity contribution in [2.24, 2.45) is 23.7 Å². The van der Waals surface area contributed by atoms with Gasteiger partial charge < -0.3 is 0 Å². The van der Waals surface area contributed by atoms with E-state index in [0.29, 0.717) is 36.0 Å². The number of H-pyrrole nitrogens is 1. The molecule has 8 heteroatoms. The van der Waals surface area contributed by atoms with Crippen LogP contribution in [0, 0.1) is 23.7 Å². The second kappa shape index (κ2) is 11.1. The molecule has 0 radical (unpaired) electrons. The first-order valence-corrected chi connectivity index (χ1v) is 14.0. The first-order chi connectivity index (χ1) is 18.4. The molecule has 3 heterocycles. The predicted octanol–water partition coefficient (Wildman–Crippen LogP) is 5.77. The SMILES string of the molecule is CCCCc1cn(C2C(C(C)C)CC2C(C)C)c(=O)n1Cc1cnccc1-c1ccc(-c2nn[nH]n2)cc1. The Morgan fingerprint density at radius 1 is 1.03 bits per heavy atom. The van der Waals surface area contributed by atoms with Gasteiger partial charge in [-0.05, 0) is 70.9 Å². The van der Waals surface area contributed by atoms with E-state index in [4.69, 9.17) is 0 Å². The number of rotatable bonds is 10. The molecule has 3 aromatic heterocycles. The molecule has 0 saturated heterocycles. The molecule has 2 unspecified atom stereocenters. The lowest BCUT2D eigenvalue weighted by molar-refractivity contribution is 0.0119. The van der Waals surface area contributed by atoms with Gasteiger partial charge in [0.05, 0.1) is 6.54 Å². The number of hydrogen-bond donors (Lipinski definition) is 1. The first-order valence-electron chi connectivity index (χ1n) is 14.0. The molecule has 200 valence electrons. The molecular weight excluding hydrogens is 474 g/mol.